The Bertz CT molecular complexity index is 999. The van der Waals surface area contributed by atoms with Crippen LogP contribution >= 0.6 is 0 Å². The summed E-state index contributed by atoms with van der Waals surface area (Å²) in [5, 5.41) is 4.31. The van der Waals surface area contributed by atoms with Gasteiger partial charge in [0.15, 0.2) is 0 Å². The number of amides is 1. The minimum atomic E-state index is 0.0823. The van der Waals surface area contributed by atoms with Gasteiger partial charge in [-0.15, -0.1) is 0 Å². The highest BCUT2D eigenvalue weighted by atomic mass is 16.5. The highest BCUT2D eigenvalue weighted by molar-refractivity contribution is 5.94. The molecule has 0 aliphatic carbocycles. The van der Waals surface area contributed by atoms with Gasteiger partial charge in [-0.3, -0.25) is 4.79 Å². The van der Waals surface area contributed by atoms with Crippen molar-refractivity contribution in [3.8, 4) is 11.4 Å². The average Bonchev–Trinajstić information content (AvgIpc) is 3.17. The molecule has 4 rings (SSSR count). The summed E-state index contributed by atoms with van der Waals surface area (Å²) in [5.74, 6) is 1.04. The Labute approximate surface area is 171 Å². The molecular formula is C24H27N3O2. The first-order chi connectivity index (χ1) is 14.0. The predicted octanol–water partition coefficient (Wildman–Crippen LogP) is 4.48. The SMILES string of the molecule is Cc1ccc(C)c(OC2CCN(C(=O)c3ccc(-n4nccc4C)cc3)CC2)c1. The molecule has 2 heterocycles. The van der Waals surface area contributed by atoms with E-state index in [0.717, 1.165) is 35.5 Å². The second-order valence-electron chi connectivity index (χ2n) is 7.81. The van der Waals surface area contributed by atoms with Crippen LogP contribution in [0.25, 0.3) is 5.69 Å². The lowest BCUT2D eigenvalue weighted by Crippen LogP contribution is -2.41. The molecule has 0 unspecified atom stereocenters. The Hall–Kier alpha value is -3.08. The molecule has 1 fully saturated rings. The third-order valence-electron chi connectivity index (χ3n) is 5.56. The van der Waals surface area contributed by atoms with Gasteiger partial charge in [0.05, 0.1) is 5.69 Å². The fourth-order valence-electron chi connectivity index (χ4n) is 3.76. The molecule has 0 spiro atoms. The number of hydrogen-bond donors (Lipinski definition) is 0. The van der Waals surface area contributed by atoms with E-state index in [1.165, 1.54) is 5.56 Å². The Kier molecular flexibility index (Phi) is 5.38. The molecule has 0 atom stereocenters. The number of carbonyl (C=O) groups excluding carboxylic acids is 1. The number of piperidine rings is 1. The summed E-state index contributed by atoms with van der Waals surface area (Å²) in [7, 11) is 0. The number of nitrogens with zero attached hydrogens (tertiary/aromatic N) is 3. The smallest absolute Gasteiger partial charge is 0.253 e. The van der Waals surface area contributed by atoms with Crippen molar-refractivity contribution in [3.05, 3.63) is 77.1 Å². The third kappa shape index (κ3) is 4.19. The fraction of sp³-hybridized carbons (Fsp3) is 0.333. The topological polar surface area (TPSA) is 47.4 Å². The van der Waals surface area contributed by atoms with Gasteiger partial charge in [0, 0.05) is 43.4 Å². The van der Waals surface area contributed by atoms with Crippen LogP contribution in [0.4, 0.5) is 0 Å². The van der Waals surface area contributed by atoms with E-state index in [-0.39, 0.29) is 12.0 Å². The van der Waals surface area contributed by atoms with Gasteiger partial charge in [0.2, 0.25) is 0 Å². The molecule has 1 aliphatic rings. The number of likely N-dealkylation sites (tertiary alicyclic amines) is 1. The van der Waals surface area contributed by atoms with Crippen molar-refractivity contribution < 1.29 is 9.53 Å². The first-order valence-electron chi connectivity index (χ1n) is 10.2. The van der Waals surface area contributed by atoms with Crippen molar-refractivity contribution in [2.75, 3.05) is 13.1 Å². The van der Waals surface area contributed by atoms with E-state index in [4.69, 9.17) is 4.74 Å². The molecule has 5 nitrogen and oxygen atoms in total. The van der Waals surface area contributed by atoms with Crippen LogP contribution in [-0.2, 0) is 0 Å². The normalized spacial score (nSPS) is 14.8. The van der Waals surface area contributed by atoms with E-state index in [2.05, 4.69) is 37.1 Å². The minimum absolute atomic E-state index is 0.0823. The van der Waals surface area contributed by atoms with Crippen LogP contribution in [0.15, 0.2) is 54.7 Å². The lowest BCUT2D eigenvalue weighted by atomic mass is 10.1. The van der Waals surface area contributed by atoms with Gasteiger partial charge >= 0.3 is 0 Å². The molecule has 3 aromatic rings. The zero-order valence-electron chi connectivity index (χ0n) is 17.3. The highest BCUT2D eigenvalue weighted by Gasteiger charge is 2.25. The third-order valence-corrected chi connectivity index (χ3v) is 5.56. The van der Waals surface area contributed by atoms with Crippen LogP contribution in [0, 0.1) is 20.8 Å². The highest BCUT2D eigenvalue weighted by Crippen LogP contribution is 2.24. The van der Waals surface area contributed by atoms with Crippen LogP contribution in [0.2, 0.25) is 0 Å². The van der Waals surface area contributed by atoms with E-state index < -0.39 is 0 Å². The first-order valence-corrected chi connectivity index (χ1v) is 10.2. The average molecular weight is 389 g/mol. The van der Waals surface area contributed by atoms with Crippen LogP contribution in [-0.4, -0.2) is 39.8 Å². The van der Waals surface area contributed by atoms with E-state index >= 15 is 0 Å². The van der Waals surface area contributed by atoms with Crippen molar-refractivity contribution in [1.82, 2.24) is 14.7 Å². The molecule has 0 bridgehead atoms. The number of hydrogen-bond acceptors (Lipinski definition) is 3. The summed E-state index contributed by atoms with van der Waals surface area (Å²) in [6.45, 7) is 7.59. The van der Waals surface area contributed by atoms with Crippen LogP contribution in [0.5, 0.6) is 5.75 Å². The Morgan fingerprint density at radius 2 is 1.72 bits per heavy atom. The van der Waals surface area contributed by atoms with Crippen molar-refractivity contribution in [2.24, 2.45) is 0 Å². The molecule has 29 heavy (non-hydrogen) atoms. The summed E-state index contributed by atoms with van der Waals surface area (Å²) in [6.07, 6.45) is 3.64. The van der Waals surface area contributed by atoms with Gasteiger partial charge in [-0.25, -0.2) is 4.68 Å². The number of aromatic nitrogens is 2. The van der Waals surface area contributed by atoms with Crippen molar-refractivity contribution in [2.45, 2.75) is 39.7 Å². The van der Waals surface area contributed by atoms with Gasteiger partial charge < -0.3 is 9.64 Å². The zero-order chi connectivity index (χ0) is 20.4. The predicted molar refractivity (Wildman–Crippen MR) is 114 cm³/mol. The maximum Gasteiger partial charge on any atom is 0.253 e. The van der Waals surface area contributed by atoms with Crippen molar-refractivity contribution in [3.63, 3.8) is 0 Å². The van der Waals surface area contributed by atoms with E-state index in [0.29, 0.717) is 18.7 Å². The summed E-state index contributed by atoms with van der Waals surface area (Å²) >= 11 is 0. The number of aryl methyl sites for hydroxylation is 3. The number of carbonyl (C=O) groups is 1. The Balaban J connectivity index is 1.36. The number of rotatable bonds is 4. The lowest BCUT2D eigenvalue weighted by molar-refractivity contribution is 0.0594. The fourth-order valence-corrected chi connectivity index (χ4v) is 3.76. The van der Waals surface area contributed by atoms with Crippen LogP contribution in [0.3, 0.4) is 0 Å². The van der Waals surface area contributed by atoms with Gasteiger partial charge in [-0.2, -0.15) is 5.10 Å². The second-order valence-corrected chi connectivity index (χ2v) is 7.81. The zero-order valence-corrected chi connectivity index (χ0v) is 17.3. The first kappa shape index (κ1) is 19.2. The van der Waals surface area contributed by atoms with Gasteiger partial charge in [0.25, 0.3) is 5.91 Å². The second kappa shape index (κ2) is 8.11. The monoisotopic (exact) mass is 389 g/mol. The molecule has 0 saturated carbocycles. The van der Waals surface area contributed by atoms with Gasteiger partial charge in [-0.05, 0) is 68.3 Å². The van der Waals surface area contributed by atoms with Crippen LogP contribution < -0.4 is 4.74 Å². The lowest BCUT2D eigenvalue weighted by Gasteiger charge is -2.32. The number of benzene rings is 2. The maximum atomic E-state index is 12.9. The molecule has 0 N–H and O–H groups in total. The van der Waals surface area contributed by atoms with E-state index in [1.54, 1.807) is 6.20 Å². The van der Waals surface area contributed by atoms with Gasteiger partial charge in [-0.1, -0.05) is 12.1 Å². The Morgan fingerprint density at radius 1 is 1.00 bits per heavy atom. The molecule has 1 aromatic heterocycles. The Morgan fingerprint density at radius 3 is 2.38 bits per heavy atom. The molecular weight excluding hydrogens is 362 g/mol. The molecule has 1 aliphatic heterocycles. The maximum absolute atomic E-state index is 12.9. The van der Waals surface area contributed by atoms with E-state index in [1.807, 2.05) is 46.8 Å². The van der Waals surface area contributed by atoms with Crippen molar-refractivity contribution in [1.29, 1.82) is 0 Å². The molecule has 1 amide bonds. The quantitative estimate of drug-likeness (QED) is 0.661. The minimum Gasteiger partial charge on any atom is -0.490 e. The largest absolute Gasteiger partial charge is 0.490 e. The molecule has 2 aromatic carbocycles. The summed E-state index contributed by atoms with van der Waals surface area (Å²) in [6, 6.07) is 15.9. The molecule has 150 valence electrons. The number of ether oxygens (including phenoxy) is 1. The molecule has 1 saturated heterocycles. The van der Waals surface area contributed by atoms with Crippen LogP contribution in [0.1, 0.15) is 40.0 Å². The summed E-state index contributed by atoms with van der Waals surface area (Å²) in [4.78, 5) is 14.8. The van der Waals surface area contributed by atoms with E-state index in [9.17, 15) is 4.79 Å². The summed E-state index contributed by atoms with van der Waals surface area (Å²) < 4.78 is 8.09. The summed E-state index contributed by atoms with van der Waals surface area (Å²) in [5.41, 5.74) is 5.10. The standard InChI is InChI=1S/C24H27N3O2/c1-17-4-5-18(2)23(16-17)29-22-11-14-26(15-12-22)24(28)20-6-8-21(9-7-20)27-19(3)10-13-25-27/h4-10,13,16,22H,11-12,14-15H2,1-3H3. The molecule has 0 radical (unpaired) electrons. The molecule has 5 heteroatoms. The van der Waals surface area contributed by atoms with Gasteiger partial charge in [0.1, 0.15) is 11.9 Å². The van der Waals surface area contributed by atoms with Crippen molar-refractivity contribution >= 4 is 5.91 Å².